The molecule has 0 aromatic carbocycles. The monoisotopic (exact) mass is 561 g/mol. The number of aromatic amines is 1. The Morgan fingerprint density at radius 3 is 2.02 bits per heavy atom. The number of nitrogens with one attached hydrogen (secondary N) is 1. The molecule has 9 nitrogen and oxygen atoms in total. The van der Waals surface area contributed by atoms with Gasteiger partial charge in [-0.1, -0.05) is 52.8 Å². The number of nitrogens with zero attached hydrogens (tertiary/aromatic N) is 3. The Labute approximate surface area is 238 Å². The summed E-state index contributed by atoms with van der Waals surface area (Å²) >= 11 is 0. The van der Waals surface area contributed by atoms with Crippen molar-refractivity contribution in [2.45, 2.75) is 87.7 Å². The number of aliphatic hydroxyl groups excluding tert-OH is 1. The van der Waals surface area contributed by atoms with Crippen molar-refractivity contribution in [2.75, 3.05) is 6.80 Å². The maximum atomic E-state index is 12.5. The lowest BCUT2D eigenvalue weighted by Gasteiger charge is -2.12. The van der Waals surface area contributed by atoms with Gasteiger partial charge in [0.15, 0.2) is 6.80 Å². The van der Waals surface area contributed by atoms with Crippen LogP contribution >= 0.6 is 0 Å². The Balaban J connectivity index is -0.000000700. The van der Waals surface area contributed by atoms with E-state index >= 15 is 0 Å². The SMILES string of the molecule is C/C(N)=N\CF.C/C=C(/CC)C(C)O.CC.C\C=C(C#N)/C=C(C)\C=C\C(=O)c1c(C(C)C)c(=O)[nH]c(=O)n1C. The molecule has 1 heterocycles. The molecule has 224 valence electrons. The quantitative estimate of drug-likeness (QED) is 0.0565. The zero-order valence-electron chi connectivity index (χ0n) is 25.9. The highest BCUT2D eigenvalue weighted by molar-refractivity contribution is 6.04. The van der Waals surface area contributed by atoms with E-state index in [4.69, 9.17) is 16.1 Å². The number of alkyl halides is 1. The number of ketones is 1. The Morgan fingerprint density at radius 1 is 1.18 bits per heavy atom. The average Bonchev–Trinajstić information content (AvgIpc) is 2.89. The number of rotatable bonds is 8. The predicted molar refractivity (Wildman–Crippen MR) is 163 cm³/mol. The van der Waals surface area contributed by atoms with Crippen molar-refractivity contribution in [2.24, 2.45) is 17.8 Å². The molecular weight excluding hydrogens is 513 g/mol. The first-order chi connectivity index (χ1) is 18.7. The number of nitriles is 1. The number of nitrogens with two attached hydrogens (primary N) is 1. The lowest BCUT2D eigenvalue weighted by atomic mass is 10.00. The van der Waals surface area contributed by atoms with Crippen molar-refractivity contribution >= 4 is 11.6 Å². The van der Waals surface area contributed by atoms with Crippen LogP contribution in [0.2, 0.25) is 0 Å². The standard InChI is InChI=1S/C18H21N3O3.C7H14O.C3H7FN2.C2H6/c1-6-13(10-19)9-12(4)7-8-14(22)16-15(11(2)3)17(23)20-18(24)21(16)5;1-4-7(5-2)6(3)8;1-3(5)6-2-4;1-2/h6-9,11H,1-5H3,(H,20,23,24);4,6,8H,5H2,1-3H3;2H2,1H3,(H2,5,6);1-2H3/b8-7+,12-9-,13-6+;7-4-;;. The van der Waals surface area contributed by atoms with Crippen LogP contribution in [0.25, 0.3) is 0 Å². The predicted octanol–water partition coefficient (Wildman–Crippen LogP) is 5.39. The van der Waals surface area contributed by atoms with Crippen LogP contribution in [0.15, 0.2) is 61.7 Å². The van der Waals surface area contributed by atoms with Gasteiger partial charge >= 0.3 is 5.69 Å². The topological polar surface area (TPSA) is 154 Å². The summed E-state index contributed by atoms with van der Waals surface area (Å²) in [6, 6.07) is 2.03. The molecule has 0 aliphatic carbocycles. The molecule has 0 radical (unpaired) electrons. The van der Waals surface area contributed by atoms with Crippen LogP contribution in [0.4, 0.5) is 4.39 Å². The number of aromatic nitrogens is 2. The number of hydrogen-bond acceptors (Lipinski definition) is 6. The summed E-state index contributed by atoms with van der Waals surface area (Å²) in [5.41, 5.74) is 6.40. The summed E-state index contributed by atoms with van der Waals surface area (Å²) < 4.78 is 12.1. The molecule has 4 N–H and O–H groups in total. The van der Waals surface area contributed by atoms with Gasteiger partial charge in [-0.05, 0) is 70.3 Å². The van der Waals surface area contributed by atoms with Crippen LogP contribution in [-0.4, -0.2) is 39.2 Å². The summed E-state index contributed by atoms with van der Waals surface area (Å²) in [5, 5.41) is 17.8. The fraction of sp³-hybridized carbons (Fsp3) is 0.500. The van der Waals surface area contributed by atoms with Crippen LogP contribution in [0.5, 0.6) is 0 Å². The molecule has 0 aliphatic heterocycles. The van der Waals surface area contributed by atoms with Crippen molar-refractivity contribution in [3.63, 3.8) is 0 Å². The number of aliphatic imine (C=N–C) groups is 1. The largest absolute Gasteiger partial charge is 0.389 e. The van der Waals surface area contributed by atoms with Crippen LogP contribution < -0.4 is 17.0 Å². The van der Waals surface area contributed by atoms with Gasteiger partial charge in [0, 0.05) is 18.2 Å². The van der Waals surface area contributed by atoms with Crippen LogP contribution in [0, 0.1) is 11.3 Å². The Hall–Kier alpha value is -3.84. The average molecular weight is 562 g/mol. The van der Waals surface area contributed by atoms with Crippen LogP contribution in [-0.2, 0) is 7.05 Å². The highest BCUT2D eigenvalue weighted by atomic mass is 19.1. The normalized spacial score (nSPS) is 12.8. The van der Waals surface area contributed by atoms with E-state index in [1.54, 1.807) is 59.8 Å². The van der Waals surface area contributed by atoms with Crippen molar-refractivity contribution in [3.05, 3.63) is 79.2 Å². The number of aliphatic hydroxyl groups is 1. The Kier molecular flexibility index (Phi) is 23.5. The summed E-state index contributed by atoms with van der Waals surface area (Å²) in [6.45, 7) is 17.7. The molecule has 0 saturated heterocycles. The maximum absolute atomic E-state index is 12.5. The van der Waals surface area contributed by atoms with E-state index in [0.29, 0.717) is 11.1 Å². The summed E-state index contributed by atoms with van der Waals surface area (Å²) in [4.78, 5) is 41.7. The zero-order chi connectivity index (χ0) is 32.0. The van der Waals surface area contributed by atoms with E-state index in [1.165, 1.54) is 13.1 Å². The highest BCUT2D eigenvalue weighted by Gasteiger charge is 2.20. The molecule has 1 aromatic rings. The third kappa shape index (κ3) is 16.2. The van der Waals surface area contributed by atoms with Gasteiger partial charge in [0.2, 0.25) is 5.78 Å². The minimum absolute atomic E-state index is 0.0781. The number of halogens is 1. The fourth-order valence-electron chi connectivity index (χ4n) is 3.07. The number of carbonyl (C=O) groups is 1. The van der Waals surface area contributed by atoms with E-state index < -0.39 is 23.8 Å². The number of allylic oxidation sites excluding steroid dienone is 7. The molecule has 1 aromatic heterocycles. The molecule has 0 bridgehead atoms. The summed E-state index contributed by atoms with van der Waals surface area (Å²) in [6.07, 6.45) is 8.82. The van der Waals surface area contributed by atoms with Gasteiger partial charge < -0.3 is 10.8 Å². The van der Waals surface area contributed by atoms with E-state index in [2.05, 4.69) is 9.98 Å². The second kappa shape index (κ2) is 23.1. The molecule has 0 aliphatic rings. The fourth-order valence-corrected chi connectivity index (χ4v) is 3.07. The van der Waals surface area contributed by atoms with Gasteiger partial charge in [0.1, 0.15) is 5.69 Å². The van der Waals surface area contributed by atoms with Gasteiger partial charge in [-0.2, -0.15) is 5.26 Å². The minimum Gasteiger partial charge on any atom is -0.389 e. The highest BCUT2D eigenvalue weighted by Crippen LogP contribution is 2.15. The molecule has 1 atom stereocenters. The Bertz CT molecular complexity index is 1220. The Morgan fingerprint density at radius 2 is 1.73 bits per heavy atom. The molecule has 0 spiro atoms. The lowest BCUT2D eigenvalue weighted by Crippen LogP contribution is -2.35. The van der Waals surface area contributed by atoms with Crippen LogP contribution in [0.3, 0.4) is 0 Å². The van der Waals surface area contributed by atoms with Crippen molar-refractivity contribution in [1.29, 1.82) is 5.26 Å². The van der Waals surface area contributed by atoms with Gasteiger partial charge in [0.25, 0.3) is 5.56 Å². The molecule has 0 saturated carbocycles. The van der Waals surface area contributed by atoms with Gasteiger partial charge in [-0.3, -0.25) is 19.1 Å². The number of H-pyrrole nitrogens is 1. The lowest BCUT2D eigenvalue weighted by molar-refractivity contribution is 0.103. The van der Waals surface area contributed by atoms with Gasteiger partial charge in [-0.15, -0.1) is 0 Å². The van der Waals surface area contributed by atoms with Crippen molar-refractivity contribution in [3.8, 4) is 6.07 Å². The van der Waals surface area contributed by atoms with E-state index in [0.717, 1.165) is 16.6 Å². The summed E-state index contributed by atoms with van der Waals surface area (Å²) in [5.74, 6) is -0.355. The first-order valence-corrected chi connectivity index (χ1v) is 13.2. The third-order valence-electron chi connectivity index (χ3n) is 5.12. The molecule has 1 rings (SSSR count). The number of hydrogen-bond donors (Lipinski definition) is 3. The first kappa shape index (κ1) is 40.7. The number of amidine groups is 1. The second-order valence-corrected chi connectivity index (χ2v) is 8.49. The van der Waals surface area contributed by atoms with E-state index in [1.807, 2.05) is 39.8 Å². The van der Waals surface area contributed by atoms with Gasteiger partial charge in [-0.25, -0.2) is 14.2 Å². The number of carbonyl (C=O) groups excluding carboxylic acids is 1. The molecule has 1 unspecified atom stereocenters. The summed E-state index contributed by atoms with van der Waals surface area (Å²) in [7, 11) is 1.45. The van der Waals surface area contributed by atoms with Crippen molar-refractivity contribution in [1.82, 2.24) is 9.55 Å². The van der Waals surface area contributed by atoms with E-state index in [9.17, 15) is 18.8 Å². The molecule has 0 fully saturated rings. The third-order valence-corrected chi connectivity index (χ3v) is 5.12. The smallest absolute Gasteiger partial charge is 0.328 e. The zero-order valence-corrected chi connectivity index (χ0v) is 25.9. The van der Waals surface area contributed by atoms with E-state index in [-0.39, 0.29) is 29.1 Å². The maximum Gasteiger partial charge on any atom is 0.328 e. The molecule has 0 amide bonds. The minimum atomic E-state index is -0.706. The second-order valence-electron chi connectivity index (χ2n) is 8.49. The van der Waals surface area contributed by atoms with Gasteiger partial charge in [0.05, 0.1) is 18.0 Å². The molecule has 10 heteroatoms. The first-order valence-electron chi connectivity index (χ1n) is 13.2. The molecule has 40 heavy (non-hydrogen) atoms. The molecular formula is C30H48FN5O4. The van der Waals surface area contributed by atoms with Crippen LogP contribution in [0.1, 0.15) is 97.6 Å². The van der Waals surface area contributed by atoms with Crippen molar-refractivity contribution < 1.29 is 14.3 Å².